The smallest absolute Gasteiger partial charge is 0.311 e. The lowest BCUT2D eigenvalue weighted by molar-refractivity contribution is -0.384. The summed E-state index contributed by atoms with van der Waals surface area (Å²) in [5.41, 5.74) is 0.730. The van der Waals surface area contributed by atoms with Gasteiger partial charge < -0.3 is 5.32 Å². The molecule has 2 N–H and O–H groups in total. The number of hydrogen-bond acceptors (Lipinski definition) is 6. The molecule has 2 aromatic heterocycles. The Morgan fingerprint density at radius 2 is 2.32 bits per heavy atom. The summed E-state index contributed by atoms with van der Waals surface area (Å²) in [5.74, 6) is 1.11. The molecular formula is C11H14N6O2. The zero-order valence-corrected chi connectivity index (χ0v) is 10.5. The first-order valence-corrected chi connectivity index (χ1v) is 5.87. The van der Waals surface area contributed by atoms with E-state index >= 15 is 0 Å². The number of nitrogens with zero attached hydrogens (tertiary/aromatic N) is 4. The summed E-state index contributed by atoms with van der Waals surface area (Å²) in [7, 11) is 0. The van der Waals surface area contributed by atoms with Crippen LogP contribution < -0.4 is 5.32 Å². The average molecular weight is 262 g/mol. The minimum absolute atomic E-state index is 0.00901. The van der Waals surface area contributed by atoms with Gasteiger partial charge in [-0.1, -0.05) is 0 Å². The van der Waals surface area contributed by atoms with E-state index in [-0.39, 0.29) is 5.69 Å². The highest BCUT2D eigenvalue weighted by molar-refractivity contribution is 5.55. The van der Waals surface area contributed by atoms with Gasteiger partial charge in [-0.25, -0.2) is 9.97 Å². The summed E-state index contributed by atoms with van der Waals surface area (Å²) in [6.07, 6.45) is 2.96. The Hall–Kier alpha value is -2.51. The van der Waals surface area contributed by atoms with Crippen LogP contribution in [0, 0.1) is 17.0 Å². The molecular weight excluding hydrogens is 248 g/mol. The van der Waals surface area contributed by atoms with E-state index in [0.717, 1.165) is 24.4 Å². The van der Waals surface area contributed by atoms with Gasteiger partial charge in [0.15, 0.2) is 0 Å². The van der Waals surface area contributed by atoms with Crippen LogP contribution in [-0.2, 0) is 6.42 Å². The molecule has 8 heteroatoms. The van der Waals surface area contributed by atoms with Gasteiger partial charge in [-0.2, -0.15) is 5.10 Å². The second kappa shape index (κ2) is 5.89. The average Bonchev–Trinajstić information content (AvgIpc) is 2.87. The number of hydrogen-bond donors (Lipinski definition) is 2. The lowest BCUT2D eigenvalue weighted by atomic mass is 10.3. The molecule has 2 aromatic rings. The molecule has 0 amide bonds. The fourth-order valence-corrected chi connectivity index (χ4v) is 1.64. The van der Waals surface area contributed by atoms with Crippen LogP contribution in [0.1, 0.15) is 17.9 Å². The molecule has 0 saturated carbocycles. The third-order valence-electron chi connectivity index (χ3n) is 2.56. The van der Waals surface area contributed by atoms with Crippen LogP contribution in [0.4, 0.5) is 11.5 Å². The number of aryl methyl sites for hydroxylation is 2. The number of nitro groups is 1. The van der Waals surface area contributed by atoms with Gasteiger partial charge >= 0.3 is 5.69 Å². The maximum absolute atomic E-state index is 10.9. The summed E-state index contributed by atoms with van der Waals surface area (Å²) in [4.78, 5) is 18.6. The molecule has 0 aliphatic carbocycles. The lowest BCUT2D eigenvalue weighted by Crippen LogP contribution is -2.08. The molecule has 0 aliphatic rings. The molecule has 2 rings (SSSR count). The summed E-state index contributed by atoms with van der Waals surface area (Å²) >= 11 is 0. The van der Waals surface area contributed by atoms with Gasteiger partial charge in [0, 0.05) is 24.7 Å². The topological polar surface area (TPSA) is 110 Å². The van der Waals surface area contributed by atoms with E-state index in [9.17, 15) is 10.1 Å². The van der Waals surface area contributed by atoms with Crippen molar-refractivity contribution in [2.45, 2.75) is 19.8 Å². The number of pyridine rings is 1. The van der Waals surface area contributed by atoms with Crippen molar-refractivity contribution in [2.75, 3.05) is 11.9 Å². The first kappa shape index (κ1) is 12.9. The van der Waals surface area contributed by atoms with Crippen LogP contribution in [0.2, 0.25) is 0 Å². The predicted molar refractivity (Wildman–Crippen MR) is 68.8 cm³/mol. The first-order chi connectivity index (χ1) is 9.16. The van der Waals surface area contributed by atoms with Gasteiger partial charge in [0.2, 0.25) is 5.82 Å². The molecule has 0 aromatic carbocycles. The van der Waals surface area contributed by atoms with Crippen LogP contribution in [0.25, 0.3) is 0 Å². The van der Waals surface area contributed by atoms with Gasteiger partial charge in [0.1, 0.15) is 12.2 Å². The molecule has 0 aliphatic heterocycles. The molecule has 19 heavy (non-hydrogen) atoms. The molecule has 0 unspecified atom stereocenters. The van der Waals surface area contributed by atoms with E-state index < -0.39 is 4.92 Å². The largest absolute Gasteiger partial charge is 0.364 e. The van der Waals surface area contributed by atoms with Crippen LogP contribution in [0.3, 0.4) is 0 Å². The molecule has 100 valence electrons. The van der Waals surface area contributed by atoms with Crippen LogP contribution in [-0.4, -0.2) is 31.6 Å². The minimum Gasteiger partial charge on any atom is -0.364 e. The zero-order chi connectivity index (χ0) is 13.7. The second-order valence-electron chi connectivity index (χ2n) is 4.04. The molecule has 0 atom stereocenters. The minimum atomic E-state index is -0.439. The Morgan fingerprint density at radius 3 is 3.00 bits per heavy atom. The molecule has 0 bridgehead atoms. The summed E-state index contributed by atoms with van der Waals surface area (Å²) in [5, 5.41) is 20.3. The fourth-order valence-electron chi connectivity index (χ4n) is 1.64. The highest BCUT2D eigenvalue weighted by Gasteiger charge is 2.14. The summed E-state index contributed by atoms with van der Waals surface area (Å²) in [6.45, 7) is 2.38. The van der Waals surface area contributed by atoms with E-state index in [1.807, 2.05) is 0 Å². The van der Waals surface area contributed by atoms with E-state index in [2.05, 4.69) is 25.5 Å². The molecule has 2 heterocycles. The van der Waals surface area contributed by atoms with Crippen molar-refractivity contribution in [3.63, 3.8) is 0 Å². The number of H-pyrrole nitrogens is 1. The lowest BCUT2D eigenvalue weighted by Gasteiger charge is -2.06. The van der Waals surface area contributed by atoms with Gasteiger partial charge in [-0.05, 0) is 19.4 Å². The third kappa shape index (κ3) is 3.47. The highest BCUT2D eigenvalue weighted by atomic mass is 16.6. The van der Waals surface area contributed by atoms with E-state index in [0.29, 0.717) is 12.4 Å². The Balaban J connectivity index is 1.91. The zero-order valence-electron chi connectivity index (χ0n) is 10.5. The van der Waals surface area contributed by atoms with Crippen molar-refractivity contribution in [3.05, 3.63) is 40.1 Å². The molecule has 0 radical (unpaired) electrons. The third-order valence-corrected chi connectivity index (χ3v) is 2.56. The quantitative estimate of drug-likeness (QED) is 0.463. The number of anilines is 1. The van der Waals surface area contributed by atoms with E-state index in [1.54, 1.807) is 13.0 Å². The fraction of sp³-hybridized carbons (Fsp3) is 0.364. The van der Waals surface area contributed by atoms with Crippen LogP contribution in [0.15, 0.2) is 18.5 Å². The Labute approximate surface area is 109 Å². The van der Waals surface area contributed by atoms with Gasteiger partial charge in [-0.3, -0.25) is 15.2 Å². The number of aromatic nitrogens is 4. The number of nitrogens with one attached hydrogen (secondary N) is 2. The Morgan fingerprint density at radius 1 is 1.47 bits per heavy atom. The number of rotatable bonds is 6. The summed E-state index contributed by atoms with van der Waals surface area (Å²) < 4.78 is 0. The molecule has 0 spiro atoms. The monoisotopic (exact) mass is 262 g/mol. The highest BCUT2D eigenvalue weighted by Crippen LogP contribution is 2.21. The van der Waals surface area contributed by atoms with Crippen LogP contribution in [0.5, 0.6) is 0 Å². The molecule has 0 fully saturated rings. The predicted octanol–water partition coefficient (Wildman–Crippen LogP) is 1.46. The second-order valence-corrected chi connectivity index (χ2v) is 4.04. The van der Waals surface area contributed by atoms with Crippen molar-refractivity contribution >= 4 is 11.5 Å². The standard InChI is InChI=1S/C11H14N6O2/c1-8-4-5-9(17(18)19)11(15-8)12-6-2-3-10-13-7-14-16-10/h4-5,7H,2-3,6H2,1H3,(H,12,15)(H,13,14,16). The maximum Gasteiger partial charge on any atom is 0.311 e. The van der Waals surface area contributed by atoms with Crippen molar-refractivity contribution in [2.24, 2.45) is 0 Å². The normalized spacial score (nSPS) is 10.4. The first-order valence-electron chi connectivity index (χ1n) is 5.87. The van der Waals surface area contributed by atoms with Gasteiger partial charge in [0.25, 0.3) is 0 Å². The van der Waals surface area contributed by atoms with Crippen LogP contribution >= 0.6 is 0 Å². The van der Waals surface area contributed by atoms with Gasteiger partial charge in [-0.15, -0.1) is 0 Å². The maximum atomic E-state index is 10.9. The van der Waals surface area contributed by atoms with Crippen molar-refractivity contribution < 1.29 is 4.92 Å². The summed E-state index contributed by atoms with van der Waals surface area (Å²) in [6, 6.07) is 3.08. The Kier molecular flexibility index (Phi) is 4.01. The van der Waals surface area contributed by atoms with E-state index in [1.165, 1.54) is 12.4 Å². The van der Waals surface area contributed by atoms with E-state index in [4.69, 9.17) is 0 Å². The molecule has 8 nitrogen and oxygen atoms in total. The van der Waals surface area contributed by atoms with Gasteiger partial charge in [0.05, 0.1) is 4.92 Å². The van der Waals surface area contributed by atoms with Crippen molar-refractivity contribution in [3.8, 4) is 0 Å². The number of aromatic amines is 1. The van der Waals surface area contributed by atoms with Crippen molar-refractivity contribution in [1.82, 2.24) is 20.2 Å². The molecule has 0 saturated heterocycles. The van der Waals surface area contributed by atoms with Crippen molar-refractivity contribution in [1.29, 1.82) is 0 Å². The SMILES string of the molecule is Cc1ccc([N+](=O)[O-])c(NCCCc2ncn[nH]2)n1. The Bertz CT molecular complexity index is 554.